The van der Waals surface area contributed by atoms with E-state index >= 15 is 0 Å². The minimum Gasteiger partial charge on any atom is -0.325 e. The van der Waals surface area contributed by atoms with Crippen molar-refractivity contribution in [3.63, 3.8) is 0 Å². The zero-order valence-electron chi connectivity index (χ0n) is 12.8. The molecule has 1 rings (SSSR count). The Balaban J connectivity index is 2.11. The Morgan fingerprint density at radius 2 is 1.62 bits per heavy atom. The Morgan fingerprint density at radius 1 is 1.00 bits per heavy atom. The molecule has 1 aromatic rings. The van der Waals surface area contributed by atoms with E-state index in [4.69, 9.17) is 23.2 Å². The number of unbranched alkanes of at least 4 members (excludes halogenated alkanes) is 7. The van der Waals surface area contributed by atoms with Crippen molar-refractivity contribution < 1.29 is 4.79 Å². The first-order chi connectivity index (χ1) is 10.1. The van der Waals surface area contributed by atoms with Crippen LogP contribution in [0.5, 0.6) is 0 Å². The van der Waals surface area contributed by atoms with Crippen LogP contribution in [0.2, 0.25) is 10.0 Å². The van der Waals surface area contributed by atoms with E-state index in [-0.39, 0.29) is 5.91 Å². The van der Waals surface area contributed by atoms with E-state index in [0.717, 1.165) is 12.8 Å². The molecule has 0 heterocycles. The van der Waals surface area contributed by atoms with Gasteiger partial charge in [-0.1, -0.05) is 75.1 Å². The van der Waals surface area contributed by atoms with Crippen LogP contribution in [-0.4, -0.2) is 5.91 Å². The highest BCUT2D eigenvalue weighted by molar-refractivity contribution is 6.36. The molecule has 21 heavy (non-hydrogen) atoms. The summed E-state index contributed by atoms with van der Waals surface area (Å²) in [5, 5.41) is 3.88. The average Bonchev–Trinajstić information content (AvgIpc) is 2.45. The highest BCUT2D eigenvalue weighted by Gasteiger charge is 2.06. The van der Waals surface area contributed by atoms with Crippen LogP contribution >= 0.6 is 23.2 Å². The van der Waals surface area contributed by atoms with E-state index in [1.54, 1.807) is 18.2 Å². The Morgan fingerprint density at radius 3 is 2.24 bits per heavy atom. The molecular weight excluding hydrogens is 305 g/mol. The predicted octanol–water partition coefficient (Wildman–Crippen LogP) is 6.46. The fourth-order valence-electron chi connectivity index (χ4n) is 2.22. The first kappa shape index (κ1) is 18.3. The number of carbonyl (C=O) groups excluding carboxylic acids is 1. The van der Waals surface area contributed by atoms with Crippen LogP contribution in [0.4, 0.5) is 5.69 Å². The number of hydrogen-bond acceptors (Lipinski definition) is 1. The van der Waals surface area contributed by atoms with Crippen LogP contribution in [0.25, 0.3) is 0 Å². The molecule has 118 valence electrons. The van der Waals surface area contributed by atoms with Gasteiger partial charge in [-0.05, 0) is 24.6 Å². The van der Waals surface area contributed by atoms with Gasteiger partial charge in [-0.2, -0.15) is 0 Å². The number of halogens is 2. The van der Waals surface area contributed by atoms with Gasteiger partial charge in [0.15, 0.2) is 0 Å². The van der Waals surface area contributed by atoms with Crippen LogP contribution < -0.4 is 5.32 Å². The lowest BCUT2D eigenvalue weighted by Gasteiger charge is -2.07. The second-order valence-corrected chi connectivity index (χ2v) is 6.24. The molecule has 1 amide bonds. The number of anilines is 1. The summed E-state index contributed by atoms with van der Waals surface area (Å²) in [6.07, 6.45) is 10.4. The second kappa shape index (κ2) is 10.9. The van der Waals surface area contributed by atoms with Crippen LogP contribution in [0, 0.1) is 0 Å². The Labute approximate surface area is 138 Å². The van der Waals surface area contributed by atoms with Crippen LogP contribution in [-0.2, 0) is 4.79 Å². The molecule has 2 nitrogen and oxygen atoms in total. The maximum Gasteiger partial charge on any atom is 0.224 e. The lowest BCUT2D eigenvalue weighted by molar-refractivity contribution is -0.116. The molecule has 0 radical (unpaired) electrons. The zero-order valence-corrected chi connectivity index (χ0v) is 14.3. The van der Waals surface area contributed by atoms with Crippen molar-refractivity contribution in [2.75, 3.05) is 5.32 Å². The third kappa shape index (κ3) is 8.33. The lowest BCUT2D eigenvalue weighted by Crippen LogP contribution is -2.11. The highest BCUT2D eigenvalue weighted by Crippen LogP contribution is 2.25. The van der Waals surface area contributed by atoms with E-state index in [1.165, 1.54) is 38.5 Å². The van der Waals surface area contributed by atoms with Gasteiger partial charge < -0.3 is 5.32 Å². The highest BCUT2D eigenvalue weighted by atomic mass is 35.5. The van der Waals surface area contributed by atoms with Crippen LogP contribution in [0.1, 0.15) is 64.7 Å². The van der Waals surface area contributed by atoms with Gasteiger partial charge in [-0.15, -0.1) is 0 Å². The third-order valence-corrected chi connectivity index (χ3v) is 4.01. The van der Waals surface area contributed by atoms with Gasteiger partial charge >= 0.3 is 0 Å². The standard InChI is InChI=1S/C17H25Cl2NO/c1-2-3-4-5-6-7-8-9-10-17(21)20-16-12-11-14(18)13-15(16)19/h11-13H,2-10H2,1H3,(H,20,21). The van der Waals surface area contributed by atoms with E-state index in [2.05, 4.69) is 12.2 Å². The monoisotopic (exact) mass is 329 g/mol. The summed E-state index contributed by atoms with van der Waals surface area (Å²) >= 11 is 11.8. The summed E-state index contributed by atoms with van der Waals surface area (Å²) in [6, 6.07) is 5.09. The molecule has 0 atom stereocenters. The summed E-state index contributed by atoms with van der Waals surface area (Å²) in [4.78, 5) is 11.8. The fraction of sp³-hybridized carbons (Fsp3) is 0.588. The van der Waals surface area contributed by atoms with Crippen molar-refractivity contribution in [2.45, 2.75) is 64.7 Å². The van der Waals surface area contributed by atoms with Crippen molar-refractivity contribution in [1.82, 2.24) is 0 Å². The number of nitrogens with one attached hydrogen (secondary N) is 1. The van der Waals surface area contributed by atoms with E-state index in [9.17, 15) is 4.79 Å². The van der Waals surface area contributed by atoms with E-state index in [1.807, 2.05) is 0 Å². The van der Waals surface area contributed by atoms with Gasteiger partial charge in [0.25, 0.3) is 0 Å². The zero-order chi connectivity index (χ0) is 15.5. The van der Waals surface area contributed by atoms with Crippen LogP contribution in [0.15, 0.2) is 18.2 Å². The van der Waals surface area contributed by atoms with Gasteiger partial charge in [-0.25, -0.2) is 0 Å². The predicted molar refractivity (Wildman–Crippen MR) is 92.3 cm³/mol. The summed E-state index contributed by atoms with van der Waals surface area (Å²) in [5.41, 5.74) is 0.630. The SMILES string of the molecule is CCCCCCCCCCC(=O)Nc1ccc(Cl)cc1Cl. The molecule has 0 saturated carbocycles. The Hall–Kier alpha value is -0.730. The molecule has 0 saturated heterocycles. The van der Waals surface area contributed by atoms with Crippen molar-refractivity contribution in [3.05, 3.63) is 28.2 Å². The molecule has 0 unspecified atom stereocenters. The van der Waals surface area contributed by atoms with Crippen molar-refractivity contribution in [1.29, 1.82) is 0 Å². The topological polar surface area (TPSA) is 29.1 Å². The quantitative estimate of drug-likeness (QED) is 0.490. The summed E-state index contributed by atoms with van der Waals surface area (Å²) in [6.45, 7) is 2.23. The smallest absolute Gasteiger partial charge is 0.224 e. The molecule has 0 fully saturated rings. The van der Waals surface area contributed by atoms with Gasteiger partial charge in [0, 0.05) is 11.4 Å². The average molecular weight is 330 g/mol. The summed E-state index contributed by atoms with van der Waals surface area (Å²) in [7, 11) is 0. The largest absolute Gasteiger partial charge is 0.325 e. The molecule has 0 bridgehead atoms. The number of amides is 1. The van der Waals surface area contributed by atoms with Gasteiger partial charge in [0.2, 0.25) is 5.91 Å². The second-order valence-electron chi connectivity index (χ2n) is 5.40. The normalized spacial score (nSPS) is 10.6. The summed E-state index contributed by atoms with van der Waals surface area (Å²) in [5.74, 6) is 0.0187. The third-order valence-electron chi connectivity index (χ3n) is 3.46. The summed E-state index contributed by atoms with van der Waals surface area (Å²) < 4.78 is 0. The minimum atomic E-state index is 0.0187. The van der Waals surface area contributed by atoms with E-state index in [0.29, 0.717) is 22.2 Å². The van der Waals surface area contributed by atoms with Crippen LogP contribution in [0.3, 0.4) is 0 Å². The lowest BCUT2D eigenvalue weighted by atomic mass is 10.1. The van der Waals surface area contributed by atoms with Crippen molar-refractivity contribution in [2.24, 2.45) is 0 Å². The number of carbonyl (C=O) groups is 1. The molecule has 4 heteroatoms. The molecular formula is C17H25Cl2NO. The Kier molecular flexibility index (Phi) is 9.53. The minimum absolute atomic E-state index is 0.0187. The molecule has 0 aliphatic carbocycles. The molecule has 0 spiro atoms. The molecule has 0 aliphatic heterocycles. The first-order valence-electron chi connectivity index (χ1n) is 7.88. The Bertz CT molecular complexity index is 435. The number of rotatable bonds is 10. The molecule has 0 aliphatic rings. The maximum atomic E-state index is 11.8. The van der Waals surface area contributed by atoms with E-state index < -0.39 is 0 Å². The molecule has 1 N–H and O–H groups in total. The fourth-order valence-corrected chi connectivity index (χ4v) is 2.68. The van der Waals surface area contributed by atoms with Crippen molar-refractivity contribution in [3.8, 4) is 0 Å². The molecule has 1 aromatic carbocycles. The number of benzene rings is 1. The first-order valence-corrected chi connectivity index (χ1v) is 8.64. The van der Waals surface area contributed by atoms with Gasteiger partial charge in [-0.3, -0.25) is 4.79 Å². The van der Waals surface area contributed by atoms with Crippen molar-refractivity contribution >= 4 is 34.8 Å². The number of hydrogen-bond donors (Lipinski definition) is 1. The van der Waals surface area contributed by atoms with Gasteiger partial charge in [0.1, 0.15) is 0 Å². The maximum absolute atomic E-state index is 11.8. The van der Waals surface area contributed by atoms with Gasteiger partial charge in [0.05, 0.1) is 10.7 Å². The molecule has 0 aromatic heterocycles.